The molecule has 0 unspecified atom stereocenters. The molecule has 34 heavy (non-hydrogen) atoms. The fourth-order valence-corrected chi connectivity index (χ4v) is 4.24. The van der Waals surface area contributed by atoms with Crippen LogP contribution in [0.15, 0.2) is 36.4 Å². The van der Waals surface area contributed by atoms with Gasteiger partial charge in [0.15, 0.2) is 5.65 Å². The Balaban J connectivity index is 1.53. The topological polar surface area (TPSA) is 79.6 Å². The highest BCUT2D eigenvalue weighted by Crippen LogP contribution is 2.32. The molecule has 11 heteroatoms. The number of fused-ring (bicyclic) bond motifs is 1. The Bertz CT molecular complexity index is 1220. The maximum absolute atomic E-state index is 13.4. The summed E-state index contributed by atoms with van der Waals surface area (Å²) in [5, 5.41) is 6.80. The molecule has 7 nitrogen and oxygen atoms in total. The summed E-state index contributed by atoms with van der Waals surface area (Å²) < 4.78 is 54.4. The summed E-state index contributed by atoms with van der Waals surface area (Å²) >= 11 is 0. The van der Waals surface area contributed by atoms with Crippen LogP contribution in [0.25, 0.3) is 5.65 Å². The number of hydrogen-bond donors (Lipinski definition) is 1. The van der Waals surface area contributed by atoms with Gasteiger partial charge in [-0.25, -0.2) is 13.9 Å². The summed E-state index contributed by atoms with van der Waals surface area (Å²) in [6.07, 6.45) is -3.88. The number of halogens is 4. The third-order valence-corrected chi connectivity index (χ3v) is 5.81. The van der Waals surface area contributed by atoms with E-state index in [1.54, 1.807) is 17.0 Å². The van der Waals surface area contributed by atoms with E-state index in [2.05, 4.69) is 15.4 Å². The van der Waals surface area contributed by atoms with Gasteiger partial charge in [-0.2, -0.15) is 18.3 Å². The van der Waals surface area contributed by atoms with Gasteiger partial charge in [-0.15, -0.1) is 0 Å². The summed E-state index contributed by atoms with van der Waals surface area (Å²) in [6.45, 7) is 3.42. The van der Waals surface area contributed by atoms with Crippen molar-refractivity contribution in [3.63, 3.8) is 0 Å². The highest BCUT2D eigenvalue weighted by Gasteiger charge is 2.37. The van der Waals surface area contributed by atoms with Crippen LogP contribution in [0.5, 0.6) is 0 Å². The highest BCUT2D eigenvalue weighted by molar-refractivity contribution is 5.87. The van der Waals surface area contributed by atoms with Crippen molar-refractivity contribution in [2.75, 3.05) is 13.1 Å². The molecule has 0 saturated carbocycles. The molecule has 3 heterocycles. The molecule has 1 saturated heterocycles. The molecule has 3 aromatic rings. The minimum Gasteiger partial charge on any atom is -0.344 e. The van der Waals surface area contributed by atoms with Crippen LogP contribution >= 0.6 is 0 Å². The third kappa shape index (κ3) is 5.02. The second-order valence-electron chi connectivity index (χ2n) is 8.47. The van der Waals surface area contributed by atoms with Crippen LogP contribution in [-0.4, -0.2) is 50.4 Å². The van der Waals surface area contributed by atoms with E-state index in [0.717, 1.165) is 10.6 Å². The monoisotopic (exact) mass is 477 g/mol. The number of carbonyl (C=O) groups is 2. The Morgan fingerprint density at radius 3 is 2.56 bits per heavy atom. The number of amides is 2. The number of rotatable bonds is 5. The van der Waals surface area contributed by atoms with Crippen molar-refractivity contribution in [3.8, 4) is 0 Å². The molecule has 1 fully saturated rings. The number of likely N-dealkylation sites (tertiary alicyclic amines) is 1. The fraction of sp³-hybridized carbons (Fsp3) is 0.391. The van der Waals surface area contributed by atoms with Crippen LogP contribution in [-0.2, 0) is 22.2 Å². The Labute approximate surface area is 192 Å². The molecule has 1 N–H and O–H groups in total. The van der Waals surface area contributed by atoms with Gasteiger partial charge in [0, 0.05) is 44.1 Å². The SMILES string of the molecule is CC(=O)N[C@@H](Cc1ccc(F)cc1)C(=O)N1CC[C@H](c2cc3nc(C)cc(C(F)(F)F)n3n2)C1. The summed E-state index contributed by atoms with van der Waals surface area (Å²) in [7, 11) is 0. The molecule has 2 amide bonds. The number of hydrogen-bond acceptors (Lipinski definition) is 4. The predicted octanol–water partition coefficient (Wildman–Crippen LogP) is 3.26. The maximum Gasteiger partial charge on any atom is 0.433 e. The lowest BCUT2D eigenvalue weighted by Crippen LogP contribution is -2.48. The van der Waals surface area contributed by atoms with Crippen LogP contribution in [0, 0.1) is 12.7 Å². The Kier molecular flexibility index (Phi) is 6.28. The van der Waals surface area contributed by atoms with E-state index in [4.69, 9.17) is 0 Å². The van der Waals surface area contributed by atoms with Crippen molar-refractivity contribution in [2.24, 2.45) is 0 Å². The van der Waals surface area contributed by atoms with E-state index in [0.29, 0.717) is 24.2 Å². The molecule has 0 spiro atoms. The molecule has 0 radical (unpaired) electrons. The van der Waals surface area contributed by atoms with Crippen LogP contribution in [0.3, 0.4) is 0 Å². The van der Waals surface area contributed by atoms with Crippen molar-refractivity contribution < 1.29 is 27.2 Å². The molecule has 4 rings (SSSR count). The normalized spacial score (nSPS) is 17.2. The van der Waals surface area contributed by atoms with Gasteiger partial charge in [0.1, 0.15) is 17.6 Å². The molecule has 180 valence electrons. The maximum atomic E-state index is 13.4. The van der Waals surface area contributed by atoms with Crippen molar-refractivity contribution in [3.05, 3.63) is 64.9 Å². The standard InChI is InChI=1S/C23H23F4N5O2/c1-13-9-20(23(25,26)27)32-21(28-13)11-18(30-32)16-7-8-31(12-16)22(34)19(29-14(2)33)10-15-3-5-17(24)6-4-15/h3-6,9,11,16,19H,7-8,10,12H2,1-2H3,(H,29,33)/t16-,19-/m0/s1. The quantitative estimate of drug-likeness (QED) is 0.573. The Morgan fingerprint density at radius 1 is 1.21 bits per heavy atom. The number of nitrogens with zero attached hydrogens (tertiary/aromatic N) is 4. The lowest BCUT2D eigenvalue weighted by Gasteiger charge is -2.24. The van der Waals surface area contributed by atoms with Crippen LogP contribution < -0.4 is 5.32 Å². The number of nitrogens with one attached hydrogen (secondary N) is 1. The molecule has 1 aliphatic heterocycles. The molecular formula is C23H23F4N5O2. The summed E-state index contributed by atoms with van der Waals surface area (Å²) in [5.41, 5.74) is 0.532. The molecular weight excluding hydrogens is 454 g/mol. The summed E-state index contributed by atoms with van der Waals surface area (Å²) in [5.74, 6) is -1.36. The summed E-state index contributed by atoms with van der Waals surface area (Å²) in [4.78, 5) is 30.6. The fourth-order valence-electron chi connectivity index (χ4n) is 4.24. The Hall–Kier alpha value is -3.50. The van der Waals surface area contributed by atoms with Gasteiger partial charge < -0.3 is 10.2 Å². The number of carbonyl (C=O) groups excluding carboxylic acids is 2. The molecule has 0 aliphatic carbocycles. The zero-order valence-corrected chi connectivity index (χ0v) is 18.6. The van der Waals surface area contributed by atoms with E-state index in [9.17, 15) is 27.2 Å². The number of alkyl halides is 3. The number of aromatic nitrogens is 3. The predicted molar refractivity (Wildman–Crippen MR) is 114 cm³/mol. The lowest BCUT2D eigenvalue weighted by atomic mass is 10.0. The molecule has 0 bridgehead atoms. The molecule has 2 atom stereocenters. The van der Waals surface area contributed by atoms with Crippen LogP contribution in [0.1, 0.15) is 41.9 Å². The zero-order valence-electron chi connectivity index (χ0n) is 18.6. The first-order valence-corrected chi connectivity index (χ1v) is 10.8. The smallest absolute Gasteiger partial charge is 0.344 e. The van der Waals surface area contributed by atoms with Crippen molar-refractivity contribution in [1.29, 1.82) is 0 Å². The summed E-state index contributed by atoms with van der Waals surface area (Å²) in [6, 6.07) is 7.29. The lowest BCUT2D eigenvalue weighted by molar-refractivity contribution is -0.142. The largest absolute Gasteiger partial charge is 0.433 e. The highest BCUT2D eigenvalue weighted by atomic mass is 19.4. The van der Waals surface area contributed by atoms with E-state index in [-0.39, 0.29) is 42.0 Å². The van der Waals surface area contributed by atoms with Gasteiger partial charge in [-0.3, -0.25) is 9.59 Å². The molecule has 2 aromatic heterocycles. The van der Waals surface area contributed by atoms with Gasteiger partial charge >= 0.3 is 6.18 Å². The average Bonchev–Trinajstić information content (AvgIpc) is 3.39. The second-order valence-corrected chi connectivity index (χ2v) is 8.47. The van der Waals surface area contributed by atoms with Gasteiger partial charge in [0.25, 0.3) is 0 Å². The first-order chi connectivity index (χ1) is 16.0. The first-order valence-electron chi connectivity index (χ1n) is 10.8. The van der Waals surface area contributed by atoms with E-state index >= 15 is 0 Å². The van der Waals surface area contributed by atoms with Crippen molar-refractivity contribution >= 4 is 17.5 Å². The minimum atomic E-state index is -4.58. The molecule has 1 aromatic carbocycles. The number of benzene rings is 1. The van der Waals surface area contributed by atoms with Gasteiger partial charge in [-0.05, 0) is 37.1 Å². The van der Waals surface area contributed by atoms with Gasteiger partial charge in [0.2, 0.25) is 11.8 Å². The van der Waals surface area contributed by atoms with Gasteiger partial charge in [-0.1, -0.05) is 12.1 Å². The zero-order chi connectivity index (χ0) is 24.6. The van der Waals surface area contributed by atoms with Crippen molar-refractivity contribution in [1.82, 2.24) is 24.8 Å². The Morgan fingerprint density at radius 2 is 1.91 bits per heavy atom. The van der Waals surface area contributed by atoms with Crippen LogP contribution in [0.2, 0.25) is 0 Å². The number of aryl methyl sites for hydroxylation is 1. The first kappa shape index (κ1) is 23.7. The van der Waals surface area contributed by atoms with Crippen molar-refractivity contribution in [2.45, 2.75) is 44.8 Å². The van der Waals surface area contributed by atoms with E-state index in [1.165, 1.54) is 32.0 Å². The minimum absolute atomic E-state index is 0.0968. The van der Waals surface area contributed by atoms with E-state index < -0.39 is 23.7 Å². The van der Waals surface area contributed by atoms with E-state index in [1.807, 2.05) is 0 Å². The van der Waals surface area contributed by atoms with Gasteiger partial charge in [0.05, 0.1) is 5.69 Å². The third-order valence-electron chi connectivity index (χ3n) is 5.81. The second kappa shape index (κ2) is 9.03. The van der Waals surface area contributed by atoms with Crippen LogP contribution in [0.4, 0.5) is 17.6 Å². The molecule has 1 aliphatic rings. The average molecular weight is 477 g/mol.